The van der Waals surface area contributed by atoms with Gasteiger partial charge in [-0.3, -0.25) is 4.79 Å². The van der Waals surface area contributed by atoms with Gasteiger partial charge in [0.2, 0.25) is 5.91 Å². The lowest BCUT2D eigenvalue weighted by Crippen LogP contribution is -2.44. The minimum atomic E-state index is -0.401. The van der Waals surface area contributed by atoms with E-state index in [4.69, 9.17) is 10.4 Å². The molecule has 0 aliphatic heterocycles. The number of nitrogens with zero attached hydrogens (tertiary/aromatic N) is 4. The summed E-state index contributed by atoms with van der Waals surface area (Å²) in [6.07, 6.45) is 0. The van der Waals surface area contributed by atoms with Crippen molar-refractivity contribution in [2.75, 3.05) is 17.2 Å². The van der Waals surface area contributed by atoms with E-state index in [1.807, 2.05) is 56.3 Å². The van der Waals surface area contributed by atoms with Crippen molar-refractivity contribution in [2.24, 2.45) is 0 Å². The van der Waals surface area contributed by atoms with Gasteiger partial charge in [-0.25, -0.2) is 9.48 Å². The van der Waals surface area contributed by atoms with Gasteiger partial charge in [0, 0.05) is 23.2 Å². The lowest BCUT2D eigenvalue weighted by molar-refractivity contribution is -0.117. The summed E-state index contributed by atoms with van der Waals surface area (Å²) in [6, 6.07) is 19.4. The fourth-order valence-electron chi connectivity index (χ4n) is 3.25. The lowest BCUT2D eigenvalue weighted by Gasteiger charge is -2.26. The van der Waals surface area contributed by atoms with Crippen LogP contribution in [0.15, 0.2) is 60.7 Å². The van der Waals surface area contributed by atoms with Crippen LogP contribution in [0.3, 0.4) is 0 Å². The number of urea groups is 1. The van der Waals surface area contributed by atoms with Gasteiger partial charge < -0.3 is 15.5 Å². The third-order valence-corrected chi connectivity index (χ3v) is 5.21. The molecule has 34 heavy (non-hydrogen) atoms. The summed E-state index contributed by atoms with van der Waals surface area (Å²) in [5.41, 5.74) is 2.51. The molecule has 176 valence electrons. The van der Waals surface area contributed by atoms with Crippen molar-refractivity contribution in [3.63, 3.8) is 0 Å². The first-order valence-electron chi connectivity index (χ1n) is 11.1. The zero-order valence-electron chi connectivity index (χ0n) is 20.2. The number of hydrogen-bond acceptors (Lipinski definition) is 4. The maximum absolute atomic E-state index is 13.0. The minimum Gasteiger partial charge on any atom is -0.313 e. The molecule has 3 rings (SSSR count). The van der Waals surface area contributed by atoms with Crippen LogP contribution in [0.4, 0.5) is 16.3 Å². The van der Waals surface area contributed by atoms with Gasteiger partial charge in [0.25, 0.3) is 0 Å². The molecular weight excluding hydrogens is 428 g/mol. The number of carbonyl (C=O) groups is 2. The van der Waals surface area contributed by atoms with Gasteiger partial charge in [0.1, 0.15) is 12.4 Å². The molecule has 8 nitrogen and oxygen atoms in total. The molecule has 0 atom stereocenters. The monoisotopic (exact) mass is 458 g/mol. The fourth-order valence-corrected chi connectivity index (χ4v) is 3.25. The van der Waals surface area contributed by atoms with E-state index in [1.165, 1.54) is 4.90 Å². The Balaban J connectivity index is 1.77. The van der Waals surface area contributed by atoms with Gasteiger partial charge in [0.15, 0.2) is 0 Å². The summed E-state index contributed by atoms with van der Waals surface area (Å²) >= 11 is 0. The van der Waals surface area contributed by atoms with E-state index in [1.54, 1.807) is 28.9 Å². The van der Waals surface area contributed by atoms with Crippen LogP contribution in [0.5, 0.6) is 0 Å². The van der Waals surface area contributed by atoms with E-state index in [0.29, 0.717) is 17.1 Å². The summed E-state index contributed by atoms with van der Waals surface area (Å²) in [5.74, 6) is 0.207. The molecule has 0 aliphatic carbocycles. The number of carbonyl (C=O) groups excluding carboxylic acids is 2. The molecular formula is C26H30N6O2. The average molecular weight is 459 g/mol. The number of nitrogens with one attached hydrogen (secondary N) is 2. The predicted molar refractivity (Wildman–Crippen MR) is 133 cm³/mol. The smallest absolute Gasteiger partial charge is 0.313 e. The Morgan fingerprint density at radius 1 is 1.06 bits per heavy atom. The molecule has 0 bridgehead atoms. The van der Waals surface area contributed by atoms with E-state index in [2.05, 4.69) is 31.4 Å². The van der Waals surface area contributed by atoms with Crippen LogP contribution >= 0.6 is 0 Å². The topological polar surface area (TPSA) is 103 Å². The van der Waals surface area contributed by atoms with Crippen LogP contribution in [0.25, 0.3) is 5.69 Å². The summed E-state index contributed by atoms with van der Waals surface area (Å²) < 4.78 is 1.70. The molecule has 0 spiro atoms. The summed E-state index contributed by atoms with van der Waals surface area (Å²) in [6.45, 7) is 9.73. The van der Waals surface area contributed by atoms with Crippen molar-refractivity contribution in [3.8, 4) is 11.8 Å². The number of amides is 3. The second kappa shape index (κ2) is 10.2. The molecule has 0 radical (unpaired) electrons. The number of aromatic nitrogens is 2. The highest BCUT2D eigenvalue weighted by molar-refractivity contribution is 5.97. The van der Waals surface area contributed by atoms with E-state index < -0.39 is 6.03 Å². The zero-order valence-corrected chi connectivity index (χ0v) is 20.2. The first kappa shape index (κ1) is 24.5. The van der Waals surface area contributed by atoms with Crippen molar-refractivity contribution in [1.82, 2.24) is 14.7 Å². The normalized spacial score (nSPS) is 11.1. The van der Waals surface area contributed by atoms with Gasteiger partial charge in [-0.05, 0) is 50.2 Å². The summed E-state index contributed by atoms with van der Waals surface area (Å²) in [7, 11) is 0. The SMILES string of the molecule is CC(C)N(CC(=O)Nc1cc(C(C)(C)C)nn1-c1ccccc1)C(=O)Nc1ccc(C#N)cc1. The van der Waals surface area contributed by atoms with Gasteiger partial charge in [-0.1, -0.05) is 39.0 Å². The predicted octanol–water partition coefficient (Wildman–Crippen LogP) is 4.92. The van der Waals surface area contributed by atoms with E-state index >= 15 is 0 Å². The Morgan fingerprint density at radius 3 is 2.26 bits per heavy atom. The maximum atomic E-state index is 13.0. The van der Waals surface area contributed by atoms with Crippen LogP contribution in [0.1, 0.15) is 45.9 Å². The third-order valence-electron chi connectivity index (χ3n) is 5.21. The number of nitriles is 1. The second-order valence-corrected chi connectivity index (χ2v) is 9.30. The van der Waals surface area contributed by atoms with E-state index in [9.17, 15) is 9.59 Å². The quantitative estimate of drug-likeness (QED) is 0.547. The van der Waals surface area contributed by atoms with Gasteiger partial charge >= 0.3 is 6.03 Å². The molecule has 2 aromatic carbocycles. The molecule has 3 aromatic rings. The molecule has 1 heterocycles. The van der Waals surface area contributed by atoms with Crippen molar-refractivity contribution in [1.29, 1.82) is 5.26 Å². The molecule has 2 N–H and O–H groups in total. The number of benzene rings is 2. The van der Waals surface area contributed by atoms with Gasteiger partial charge in [-0.2, -0.15) is 10.4 Å². The minimum absolute atomic E-state index is 0.134. The Labute approximate surface area is 200 Å². The van der Waals surface area contributed by atoms with Gasteiger partial charge in [-0.15, -0.1) is 0 Å². The van der Waals surface area contributed by atoms with Crippen molar-refractivity contribution < 1.29 is 9.59 Å². The number of hydrogen-bond donors (Lipinski definition) is 2. The maximum Gasteiger partial charge on any atom is 0.322 e. The Morgan fingerprint density at radius 2 is 1.71 bits per heavy atom. The highest BCUT2D eigenvalue weighted by Crippen LogP contribution is 2.26. The largest absolute Gasteiger partial charge is 0.322 e. The van der Waals surface area contributed by atoms with Gasteiger partial charge in [0.05, 0.1) is 23.0 Å². The van der Waals surface area contributed by atoms with Crippen molar-refractivity contribution in [3.05, 3.63) is 71.9 Å². The number of rotatable bonds is 6. The van der Waals surface area contributed by atoms with Crippen LogP contribution < -0.4 is 10.6 Å². The standard InChI is InChI=1S/C26H30N6O2/c1-18(2)31(25(34)28-20-13-11-19(16-27)12-14-20)17-24(33)29-23-15-22(26(3,4)5)30-32(23)21-9-7-6-8-10-21/h6-15,18H,17H2,1-5H3,(H,28,34)(H,29,33). The van der Waals surface area contributed by atoms with E-state index in [0.717, 1.165) is 11.4 Å². The van der Waals surface area contributed by atoms with Crippen LogP contribution in [-0.2, 0) is 10.2 Å². The highest BCUT2D eigenvalue weighted by Gasteiger charge is 2.24. The third kappa shape index (κ3) is 6.01. The van der Waals surface area contributed by atoms with Crippen molar-refractivity contribution >= 4 is 23.4 Å². The fraction of sp³-hybridized carbons (Fsp3) is 0.308. The number of para-hydroxylation sites is 1. The Kier molecular flexibility index (Phi) is 7.37. The molecule has 0 aliphatic rings. The van der Waals surface area contributed by atoms with Crippen molar-refractivity contribution in [2.45, 2.75) is 46.1 Å². The first-order valence-corrected chi connectivity index (χ1v) is 11.1. The summed E-state index contributed by atoms with van der Waals surface area (Å²) in [5, 5.41) is 19.4. The summed E-state index contributed by atoms with van der Waals surface area (Å²) in [4.78, 5) is 27.3. The van der Waals surface area contributed by atoms with Crippen LogP contribution in [0, 0.1) is 11.3 Å². The first-order chi connectivity index (χ1) is 16.1. The molecule has 1 aromatic heterocycles. The Hall–Kier alpha value is -4.12. The highest BCUT2D eigenvalue weighted by atomic mass is 16.2. The second-order valence-electron chi connectivity index (χ2n) is 9.30. The number of anilines is 2. The zero-order chi connectivity index (χ0) is 24.9. The van der Waals surface area contributed by atoms with Crippen LogP contribution in [0.2, 0.25) is 0 Å². The molecule has 8 heteroatoms. The Bertz CT molecular complexity index is 1180. The lowest BCUT2D eigenvalue weighted by atomic mass is 9.92. The molecule has 0 saturated carbocycles. The van der Waals surface area contributed by atoms with Crippen LogP contribution in [-0.4, -0.2) is 39.2 Å². The molecule has 3 amide bonds. The molecule has 0 fully saturated rings. The average Bonchev–Trinajstić information content (AvgIpc) is 3.22. The van der Waals surface area contributed by atoms with E-state index in [-0.39, 0.29) is 23.9 Å². The molecule has 0 saturated heterocycles. The molecule has 0 unspecified atom stereocenters.